The van der Waals surface area contributed by atoms with Crippen molar-refractivity contribution in [2.45, 2.75) is 13.3 Å². The van der Waals surface area contributed by atoms with Crippen LogP contribution in [0.1, 0.15) is 29.3 Å². The van der Waals surface area contributed by atoms with Crippen LogP contribution in [-0.4, -0.2) is 54.6 Å². The molecule has 0 radical (unpaired) electrons. The Morgan fingerprint density at radius 3 is 2.52 bits per heavy atom. The second kappa shape index (κ2) is 10.3. The molecule has 0 aliphatic carbocycles. The van der Waals surface area contributed by atoms with Crippen molar-refractivity contribution in [1.29, 1.82) is 0 Å². The molecule has 0 aromatic heterocycles. The monoisotopic (exact) mass is 392 g/mol. The third-order valence-electron chi connectivity index (χ3n) is 4.78. The molecule has 0 bridgehead atoms. The number of amides is 1. The Morgan fingerprint density at radius 2 is 1.86 bits per heavy atom. The molecule has 1 aliphatic rings. The summed E-state index contributed by atoms with van der Waals surface area (Å²) in [6.07, 6.45) is 3.24. The Hall–Kier alpha value is -3.28. The number of hydrogen-bond donors (Lipinski definition) is 3. The summed E-state index contributed by atoms with van der Waals surface area (Å²) in [5.74, 6) is 0.848. The van der Waals surface area contributed by atoms with Gasteiger partial charge in [-0.1, -0.05) is 36.4 Å². The van der Waals surface area contributed by atoms with Crippen molar-refractivity contribution in [3.8, 4) is 5.75 Å². The highest BCUT2D eigenvalue weighted by Crippen LogP contribution is 2.21. The van der Waals surface area contributed by atoms with Gasteiger partial charge in [0, 0.05) is 31.7 Å². The van der Waals surface area contributed by atoms with Crippen LogP contribution in [0, 0.1) is 0 Å². The number of guanidine groups is 1. The lowest BCUT2D eigenvalue weighted by atomic mass is 10.00. The Morgan fingerprint density at radius 1 is 1.10 bits per heavy atom. The number of phenolic OH excluding ortho intramolecular Hbond substituents is 1. The predicted octanol–water partition coefficient (Wildman–Crippen LogP) is 2.88. The fraction of sp³-hybridized carbons (Fsp3) is 0.304. The molecular weight excluding hydrogens is 364 g/mol. The van der Waals surface area contributed by atoms with Crippen molar-refractivity contribution >= 4 is 17.4 Å². The zero-order valence-electron chi connectivity index (χ0n) is 16.8. The molecule has 0 saturated heterocycles. The van der Waals surface area contributed by atoms with Gasteiger partial charge in [-0.2, -0.15) is 0 Å². The van der Waals surface area contributed by atoms with Gasteiger partial charge >= 0.3 is 0 Å². The van der Waals surface area contributed by atoms with Gasteiger partial charge < -0.3 is 20.6 Å². The van der Waals surface area contributed by atoms with Crippen LogP contribution in [0.25, 0.3) is 5.57 Å². The smallest absolute Gasteiger partial charge is 0.251 e. The van der Waals surface area contributed by atoms with Crippen LogP contribution in [0.15, 0.2) is 65.7 Å². The molecule has 1 amide bonds. The van der Waals surface area contributed by atoms with Crippen LogP contribution >= 0.6 is 0 Å². The number of benzene rings is 2. The Kier molecular flexibility index (Phi) is 7.28. The number of hydrogen-bond acceptors (Lipinski definition) is 3. The fourth-order valence-corrected chi connectivity index (χ4v) is 3.25. The van der Waals surface area contributed by atoms with Crippen LogP contribution in [-0.2, 0) is 0 Å². The topological polar surface area (TPSA) is 77.0 Å². The molecule has 2 aromatic carbocycles. The molecule has 0 saturated carbocycles. The van der Waals surface area contributed by atoms with E-state index < -0.39 is 0 Å². The summed E-state index contributed by atoms with van der Waals surface area (Å²) in [5, 5.41) is 15.5. The average Bonchev–Trinajstić information content (AvgIpc) is 2.77. The number of nitrogens with one attached hydrogen (secondary N) is 2. The van der Waals surface area contributed by atoms with E-state index >= 15 is 0 Å². The number of rotatable bonds is 6. The van der Waals surface area contributed by atoms with E-state index in [1.54, 1.807) is 12.1 Å². The van der Waals surface area contributed by atoms with Gasteiger partial charge in [-0.25, -0.2) is 0 Å². The van der Waals surface area contributed by atoms with Crippen molar-refractivity contribution in [1.82, 2.24) is 15.5 Å². The zero-order valence-corrected chi connectivity index (χ0v) is 16.8. The minimum atomic E-state index is -0.168. The maximum absolute atomic E-state index is 12.1. The summed E-state index contributed by atoms with van der Waals surface area (Å²) in [5.41, 5.74) is 3.18. The second-order valence-electron chi connectivity index (χ2n) is 6.83. The molecule has 3 rings (SSSR count). The maximum atomic E-state index is 12.1. The minimum Gasteiger partial charge on any atom is -0.508 e. The lowest BCUT2D eigenvalue weighted by molar-refractivity contribution is 0.0955. The van der Waals surface area contributed by atoms with Crippen LogP contribution < -0.4 is 10.6 Å². The van der Waals surface area contributed by atoms with Gasteiger partial charge in [0.15, 0.2) is 5.96 Å². The lowest BCUT2D eigenvalue weighted by Crippen LogP contribution is -2.43. The van der Waals surface area contributed by atoms with E-state index in [0.717, 1.165) is 32.0 Å². The molecule has 6 nitrogen and oxygen atoms in total. The molecule has 0 fully saturated rings. The van der Waals surface area contributed by atoms with Crippen molar-refractivity contribution in [3.05, 3.63) is 71.8 Å². The molecule has 6 heteroatoms. The average molecular weight is 393 g/mol. The quantitative estimate of drug-likeness (QED) is 0.401. The van der Waals surface area contributed by atoms with E-state index in [1.807, 2.05) is 6.07 Å². The summed E-state index contributed by atoms with van der Waals surface area (Å²) in [7, 11) is 0. The minimum absolute atomic E-state index is 0.146. The van der Waals surface area contributed by atoms with Gasteiger partial charge in [0.05, 0.1) is 6.54 Å². The Bertz CT molecular complexity index is 860. The molecule has 1 aliphatic heterocycles. The van der Waals surface area contributed by atoms with Crippen molar-refractivity contribution in [2.24, 2.45) is 4.99 Å². The normalized spacial score (nSPS) is 14.3. The van der Waals surface area contributed by atoms with E-state index in [2.05, 4.69) is 57.8 Å². The number of aliphatic imine (C=N–C) groups is 1. The molecule has 0 spiro atoms. The third-order valence-corrected chi connectivity index (χ3v) is 4.78. The maximum Gasteiger partial charge on any atom is 0.251 e. The predicted molar refractivity (Wildman–Crippen MR) is 117 cm³/mol. The SMILES string of the molecule is CCNC(=NCCNC(=O)c1ccc(O)cc1)N1CC=C(c2ccccc2)CC1. The Balaban J connectivity index is 1.53. The second-order valence-corrected chi connectivity index (χ2v) is 6.83. The van der Waals surface area contributed by atoms with E-state index in [0.29, 0.717) is 18.7 Å². The van der Waals surface area contributed by atoms with Crippen LogP contribution in [0.3, 0.4) is 0 Å². The number of phenols is 1. The largest absolute Gasteiger partial charge is 0.508 e. The molecule has 1 heterocycles. The summed E-state index contributed by atoms with van der Waals surface area (Å²) < 4.78 is 0. The summed E-state index contributed by atoms with van der Waals surface area (Å²) >= 11 is 0. The van der Waals surface area contributed by atoms with Crippen molar-refractivity contribution < 1.29 is 9.90 Å². The van der Waals surface area contributed by atoms with E-state index in [4.69, 9.17) is 0 Å². The Labute approximate surface area is 172 Å². The first-order valence-corrected chi connectivity index (χ1v) is 10.0. The molecule has 29 heavy (non-hydrogen) atoms. The first kappa shape index (κ1) is 20.5. The first-order valence-electron chi connectivity index (χ1n) is 10.0. The van der Waals surface area contributed by atoms with E-state index in [9.17, 15) is 9.90 Å². The molecule has 0 unspecified atom stereocenters. The van der Waals surface area contributed by atoms with Gasteiger partial charge in [0.1, 0.15) is 5.75 Å². The third kappa shape index (κ3) is 5.85. The highest BCUT2D eigenvalue weighted by molar-refractivity contribution is 5.94. The van der Waals surface area contributed by atoms with Gasteiger partial charge in [-0.3, -0.25) is 9.79 Å². The van der Waals surface area contributed by atoms with Crippen molar-refractivity contribution in [2.75, 3.05) is 32.7 Å². The highest BCUT2D eigenvalue weighted by Gasteiger charge is 2.16. The molecule has 152 valence electrons. The molecule has 3 N–H and O–H groups in total. The number of carbonyl (C=O) groups excluding carboxylic acids is 1. The van der Waals surface area contributed by atoms with Gasteiger partial charge in [0.25, 0.3) is 5.91 Å². The highest BCUT2D eigenvalue weighted by atomic mass is 16.3. The van der Waals surface area contributed by atoms with Gasteiger partial charge in [-0.15, -0.1) is 0 Å². The molecule has 0 atom stereocenters. The van der Waals surface area contributed by atoms with Crippen molar-refractivity contribution in [3.63, 3.8) is 0 Å². The fourth-order valence-electron chi connectivity index (χ4n) is 3.25. The lowest BCUT2D eigenvalue weighted by Gasteiger charge is -2.30. The summed E-state index contributed by atoms with van der Waals surface area (Å²) in [6.45, 7) is 5.52. The van der Waals surface area contributed by atoms with Gasteiger partial charge in [-0.05, 0) is 48.7 Å². The molecular formula is C23H28N4O2. The van der Waals surface area contributed by atoms with Crippen LogP contribution in [0.4, 0.5) is 0 Å². The zero-order chi connectivity index (χ0) is 20.5. The van der Waals surface area contributed by atoms with E-state index in [-0.39, 0.29) is 11.7 Å². The van der Waals surface area contributed by atoms with E-state index in [1.165, 1.54) is 23.3 Å². The number of nitrogens with zero attached hydrogens (tertiary/aromatic N) is 2. The summed E-state index contributed by atoms with van der Waals surface area (Å²) in [6, 6.07) is 16.7. The van der Waals surface area contributed by atoms with Crippen LogP contribution in [0.5, 0.6) is 5.75 Å². The van der Waals surface area contributed by atoms with Crippen LogP contribution in [0.2, 0.25) is 0 Å². The number of aromatic hydroxyl groups is 1. The number of carbonyl (C=O) groups is 1. The summed E-state index contributed by atoms with van der Waals surface area (Å²) in [4.78, 5) is 19.0. The first-order chi connectivity index (χ1) is 14.2. The standard InChI is InChI=1S/C23H28N4O2/c1-2-24-23(26-15-14-25-22(29)20-8-10-21(28)11-9-20)27-16-12-19(13-17-27)18-6-4-3-5-7-18/h3-12,28H,2,13-17H2,1H3,(H,24,26)(H,25,29). The molecule has 2 aromatic rings. The van der Waals surface area contributed by atoms with Gasteiger partial charge in [0.2, 0.25) is 0 Å².